The van der Waals surface area contributed by atoms with E-state index in [1.54, 1.807) is 6.08 Å². The number of esters is 1. The van der Waals surface area contributed by atoms with Crippen LogP contribution in [0.5, 0.6) is 0 Å². The van der Waals surface area contributed by atoms with Gasteiger partial charge in [0.25, 0.3) is 0 Å². The number of carbonyl (C=O) groups is 2. The van der Waals surface area contributed by atoms with Crippen molar-refractivity contribution in [1.29, 1.82) is 0 Å². The lowest BCUT2D eigenvalue weighted by atomic mass is 9.99. The summed E-state index contributed by atoms with van der Waals surface area (Å²) < 4.78 is 17.7. The topological polar surface area (TPSA) is 175 Å². The molecule has 8 atom stereocenters. The van der Waals surface area contributed by atoms with Crippen LogP contribution in [-0.4, -0.2) is 99.6 Å². The lowest BCUT2D eigenvalue weighted by Crippen LogP contribution is -2.61. The van der Waals surface area contributed by atoms with Crippen LogP contribution in [0.2, 0.25) is 0 Å². The Labute approximate surface area is 540 Å². The summed E-state index contributed by atoms with van der Waals surface area (Å²) >= 11 is 0. The molecule has 1 amide bonds. The van der Waals surface area contributed by atoms with Gasteiger partial charge in [-0.25, -0.2) is 0 Å². The van der Waals surface area contributed by atoms with E-state index in [0.717, 1.165) is 103 Å². The first-order chi connectivity index (χ1) is 43.2. The number of ether oxygens (including phenoxy) is 3. The fourth-order valence-electron chi connectivity index (χ4n) is 11.3. The van der Waals surface area contributed by atoms with E-state index in [-0.39, 0.29) is 19.4 Å². The van der Waals surface area contributed by atoms with E-state index < -0.39 is 67.4 Å². The zero-order chi connectivity index (χ0) is 63.9. The second-order valence-corrected chi connectivity index (χ2v) is 25.3. The van der Waals surface area contributed by atoms with Gasteiger partial charge in [0.15, 0.2) is 12.4 Å². The summed E-state index contributed by atoms with van der Waals surface area (Å²) in [7, 11) is 0. The fraction of sp³-hybridized carbons (Fsp3) is 0.792. The molecule has 11 heteroatoms. The van der Waals surface area contributed by atoms with Gasteiger partial charge in [0.05, 0.1) is 25.4 Å². The van der Waals surface area contributed by atoms with E-state index in [2.05, 4.69) is 99.0 Å². The maximum atomic E-state index is 13.5. The van der Waals surface area contributed by atoms with Crippen molar-refractivity contribution in [3.8, 4) is 0 Å². The molecule has 6 N–H and O–H groups in total. The number of aliphatic hydroxyl groups excluding tert-OH is 5. The van der Waals surface area contributed by atoms with Crippen LogP contribution in [-0.2, 0) is 23.8 Å². The highest BCUT2D eigenvalue weighted by atomic mass is 16.7. The first kappa shape index (κ1) is 82.9. The van der Waals surface area contributed by atoms with E-state index in [0.29, 0.717) is 12.8 Å². The van der Waals surface area contributed by atoms with Gasteiger partial charge < -0.3 is 45.1 Å². The van der Waals surface area contributed by atoms with Crippen molar-refractivity contribution in [2.45, 2.75) is 378 Å². The smallest absolute Gasteiger partial charge is 0.306 e. The number of rotatable bonds is 63. The summed E-state index contributed by atoms with van der Waals surface area (Å²) in [5.74, 6) is -1.21. The molecule has 0 aliphatic carbocycles. The van der Waals surface area contributed by atoms with Gasteiger partial charge in [-0.1, -0.05) is 311 Å². The summed E-state index contributed by atoms with van der Waals surface area (Å²) in [5.41, 5.74) is 0. The number of amides is 1. The van der Waals surface area contributed by atoms with E-state index in [4.69, 9.17) is 14.2 Å². The summed E-state index contributed by atoms with van der Waals surface area (Å²) in [6, 6.07) is -1.03. The summed E-state index contributed by atoms with van der Waals surface area (Å²) in [6.07, 6.45) is 74.9. The molecule has 1 heterocycles. The molecule has 0 aromatic rings. The van der Waals surface area contributed by atoms with Crippen molar-refractivity contribution >= 4 is 11.9 Å². The molecule has 0 aromatic carbocycles. The molecule has 0 spiro atoms. The van der Waals surface area contributed by atoms with E-state index >= 15 is 0 Å². The number of allylic oxidation sites excluding steroid dienone is 13. The maximum Gasteiger partial charge on any atom is 0.306 e. The zero-order valence-electron chi connectivity index (χ0n) is 56.8. The minimum absolute atomic E-state index is 0.0992. The predicted molar refractivity (Wildman–Crippen MR) is 370 cm³/mol. The third-order valence-electron chi connectivity index (χ3n) is 17.0. The van der Waals surface area contributed by atoms with Gasteiger partial charge in [-0.15, -0.1) is 0 Å². The van der Waals surface area contributed by atoms with Crippen LogP contribution in [0.15, 0.2) is 85.1 Å². The molecule has 1 aliphatic rings. The molecular formula is C77H137NO10. The van der Waals surface area contributed by atoms with E-state index in [9.17, 15) is 35.1 Å². The molecular weight excluding hydrogens is 1100 g/mol. The van der Waals surface area contributed by atoms with Crippen LogP contribution in [0, 0.1) is 0 Å². The summed E-state index contributed by atoms with van der Waals surface area (Å²) in [6.45, 7) is 5.70. The monoisotopic (exact) mass is 1240 g/mol. The first-order valence-corrected chi connectivity index (χ1v) is 36.9. The van der Waals surface area contributed by atoms with E-state index in [1.807, 2.05) is 6.08 Å². The van der Waals surface area contributed by atoms with E-state index in [1.165, 1.54) is 180 Å². The second-order valence-electron chi connectivity index (χ2n) is 25.3. The second kappa shape index (κ2) is 64.0. The highest BCUT2D eigenvalue weighted by Crippen LogP contribution is 2.26. The molecule has 0 bridgehead atoms. The normalized spacial score (nSPS) is 18.7. The van der Waals surface area contributed by atoms with Crippen molar-refractivity contribution in [2.24, 2.45) is 0 Å². The summed E-state index contributed by atoms with van der Waals surface area (Å²) in [4.78, 5) is 26.7. The van der Waals surface area contributed by atoms with Crippen molar-refractivity contribution in [1.82, 2.24) is 5.32 Å². The maximum absolute atomic E-state index is 13.5. The average Bonchev–Trinajstić information content (AvgIpc) is 1.36. The minimum atomic E-state index is -1.63. The highest BCUT2D eigenvalue weighted by Gasteiger charge is 2.47. The van der Waals surface area contributed by atoms with Gasteiger partial charge in [0.1, 0.15) is 24.4 Å². The predicted octanol–water partition coefficient (Wildman–Crippen LogP) is 19.2. The number of carbonyl (C=O) groups excluding carboxylic acids is 2. The molecule has 1 saturated heterocycles. The number of hydrogen-bond donors (Lipinski definition) is 6. The Bertz CT molecular complexity index is 1760. The standard InChI is InChI=1S/C77H137NO10/c1-4-7-10-13-16-19-22-25-27-29-31-33-34-35-36-37-39-40-42-44-46-49-52-55-58-61-64-70(81)76(85)78-68(69(80)63-60-57-54-51-48-24-21-18-15-12-9-6-3)67-86-77-75(74(84)73(83)71(66-79)87-77)88-72(82)65-62-59-56-53-50-47-45-43-41-38-32-30-28-26-23-20-17-14-11-8-5-2/h8,11,17,20,25-28,32,38,43,45,60,63,68-71,73-75,77,79-81,83-84H,4-7,9-10,12-16,18-19,21-24,29-31,33-37,39-42,44,46-59,61-62,64-67H2,1-3H3,(H,78,85)/b11-8-,20-17-,27-25+,28-26-,38-32-,45-43-,63-60+. The van der Waals surface area contributed by atoms with Gasteiger partial charge in [0.2, 0.25) is 5.91 Å². The molecule has 0 aromatic heterocycles. The van der Waals surface area contributed by atoms with Crippen LogP contribution in [0.1, 0.15) is 329 Å². The average molecular weight is 1240 g/mol. The molecule has 0 saturated carbocycles. The Balaban J connectivity index is 2.55. The molecule has 1 fully saturated rings. The van der Waals surface area contributed by atoms with Gasteiger partial charge in [-0.3, -0.25) is 9.59 Å². The number of aliphatic hydroxyl groups is 5. The van der Waals surface area contributed by atoms with Crippen LogP contribution >= 0.6 is 0 Å². The Morgan fingerprint density at radius 2 is 0.818 bits per heavy atom. The number of hydrogen-bond acceptors (Lipinski definition) is 10. The van der Waals surface area contributed by atoms with Crippen molar-refractivity contribution in [2.75, 3.05) is 13.2 Å². The SMILES string of the molecule is CC/C=C\C/C=C\C/C=C\C/C=C\C/C=C\CCCCCCCC(=O)OC1C(OCC(NC(=O)C(O)CCCCCCCCCCCCCCCCCC/C=C/CCCCCCCC)C(O)/C=C/CCCCCCCCCCCC)OC(CO)C(O)C1O. The number of nitrogens with one attached hydrogen (secondary N) is 1. The van der Waals surface area contributed by atoms with Gasteiger partial charge >= 0.3 is 5.97 Å². The summed E-state index contributed by atoms with van der Waals surface area (Å²) in [5, 5.41) is 57.3. The quantitative estimate of drug-likeness (QED) is 0.0195. The van der Waals surface area contributed by atoms with Crippen LogP contribution in [0.4, 0.5) is 0 Å². The zero-order valence-corrected chi connectivity index (χ0v) is 56.8. The molecule has 88 heavy (non-hydrogen) atoms. The Hall–Kier alpha value is -3.16. The molecule has 11 nitrogen and oxygen atoms in total. The number of unbranched alkanes of at least 4 members (excludes halogenated alkanes) is 37. The Morgan fingerprint density at radius 3 is 1.24 bits per heavy atom. The lowest BCUT2D eigenvalue weighted by molar-refractivity contribution is -0.305. The highest BCUT2D eigenvalue weighted by molar-refractivity contribution is 5.80. The third-order valence-corrected chi connectivity index (χ3v) is 17.0. The van der Waals surface area contributed by atoms with Crippen LogP contribution in [0.3, 0.4) is 0 Å². The third kappa shape index (κ3) is 50.5. The molecule has 0 radical (unpaired) electrons. The minimum Gasteiger partial charge on any atom is -0.454 e. The molecule has 8 unspecified atom stereocenters. The lowest BCUT2D eigenvalue weighted by Gasteiger charge is -2.41. The Morgan fingerprint density at radius 1 is 0.455 bits per heavy atom. The largest absolute Gasteiger partial charge is 0.454 e. The Kier molecular flexibility index (Phi) is 60.2. The van der Waals surface area contributed by atoms with Crippen LogP contribution in [0.25, 0.3) is 0 Å². The fourth-order valence-corrected chi connectivity index (χ4v) is 11.3. The van der Waals surface area contributed by atoms with Gasteiger partial charge in [-0.05, 0) is 96.3 Å². The molecule has 1 rings (SSSR count). The van der Waals surface area contributed by atoms with Crippen LogP contribution < -0.4 is 5.32 Å². The molecule has 510 valence electrons. The van der Waals surface area contributed by atoms with Gasteiger partial charge in [0, 0.05) is 6.42 Å². The van der Waals surface area contributed by atoms with Crippen molar-refractivity contribution < 1.29 is 49.3 Å². The van der Waals surface area contributed by atoms with Crippen molar-refractivity contribution in [3.63, 3.8) is 0 Å². The molecule has 1 aliphatic heterocycles. The van der Waals surface area contributed by atoms with Gasteiger partial charge in [-0.2, -0.15) is 0 Å². The van der Waals surface area contributed by atoms with Crippen molar-refractivity contribution in [3.05, 3.63) is 85.1 Å². The first-order valence-electron chi connectivity index (χ1n) is 36.9.